The summed E-state index contributed by atoms with van der Waals surface area (Å²) in [7, 11) is 2.00. The first-order valence-electron chi connectivity index (χ1n) is 5.29. The van der Waals surface area contributed by atoms with Gasteiger partial charge in [-0.15, -0.1) is 6.42 Å². The van der Waals surface area contributed by atoms with E-state index in [9.17, 15) is 4.39 Å². The Labute approximate surface area is 96.5 Å². The second-order valence-electron chi connectivity index (χ2n) is 3.75. The molecule has 0 spiro atoms. The molecular formula is C13H17FN2. The lowest BCUT2D eigenvalue weighted by Gasteiger charge is -2.16. The molecule has 0 bridgehead atoms. The highest BCUT2D eigenvalue weighted by Crippen LogP contribution is 2.05. The molecule has 2 nitrogen and oxygen atoms in total. The van der Waals surface area contributed by atoms with Crippen LogP contribution in [0.4, 0.5) is 4.39 Å². The Kier molecular flexibility index (Phi) is 5.55. The van der Waals surface area contributed by atoms with Crippen LogP contribution in [0, 0.1) is 18.2 Å². The zero-order chi connectivity index (χ0) is 11.8. The maximum absolute atomic E-state index is 12.9. The molecule has 0 amide bonds. The van der Waals surface area contributed by atoms with E-state index >= 15 is 0 Å². The van der Waals surface area contributed by atoms with Gasteiger partial charge in [-0.2, -0.15) is 0 Å². The number of rotatable bonds is 6. The van der Waals surface area contributed by atoms with Gasteiger partial charge < -0.3 is 10.2 Å². The minimum absolute atomic E-state index is 0.184. The van der Waals surface area contributed by atoms with E-state index in [0.29, 0.717) is 6.54 Å². The van der Waals surface area contributed by atoms with Gasteiger partial charge in [0, 0.05) is 19.6 Å². The summed E-state index contributed by atoms with van der Waals surface area (Å²) in [5.41, 5.74) is 0.986. The highest BCUT2D eigenvalue weighted by atomic mass is 19.1. The van der Waals surface area contributed by atoms with Crippen LogP contribution in [-0.4, -0.2) is 31.6 Å². The van der Waals surface area contributed by atoms with E-state index in [2.05, 4.69) is 16.1 Å². The van der Waals surface area contributed by atoms with Gasteiger partial charge in [-0.3, -0.25) is 0 Å². The third-order valence-corrected chi connectivity index (χ3v) is 2.24. The molecule has 0 fully saturated rings. The topological polar surface area (TPSA) is 15.3 Å². The molecular weight excluding hydrogens is 203 g/mol. The number of benzene rings is 1. The van der Waals surface area contributed by atoms with Crippen molar-refractivity contribution in [2.75, 3.05) is 26.7 Å². The highest BCUT2D eigenvalue weighted by molar-refractivity contribution is 5.15. The van der Waals surface area contributed by atoms with Gasteiger partial charge in [-0.1, -0.05) is 18.1 Å². The predicted octanol–water partition coefficient (Wildman–Crippen LogP) is 1.48. The number of halogens is 1. The summed E-state index contributed by atoms with van der Waals surface area (Å²) >= 11 is 0. The summed E-state index contributed by atoms with van der Waals surface area (Å²) in [6.07, 6.45) is 5.12. The lowest BCUT2D eigenvalue weighted by atomic mass is 10.2. The molecule has 0 unspecified atom stereocenters. The number of nitrogens with one attached hydrogen (secondary N) is 1. The van der Waals surface area contributed by atoms with Crippen molar-refractivity contribution in [1.29, 1.82) is 0 Å². The van der Waals surface area contributed by atoms with Crippen LogP contribution >= 0.6 is 0 Å². The molecule has 16 heavy (non-hydrogen) atoms. The van der Waals surface area contributed by atoms with E-state index in [1.165, 1.54) is 6.07 Å². The van der Waals surface area contributed by atoms with E-state index in [4.69, 9.17) is 6.42 Å². The van der Waals surface area contributed by atoms with Crippen LogP contribution in [0.2, 0.25) is 0 Å². The van der Waals surface area contributed by atoms with E-state index in [0.717, 1.165) is 25.2 Å². The van der Waals surface area contributed by atoms with Crippen LogP contribution in [0.1, 0.15) is 5.56 Å². The zero-order valence-electron chi connectivity index (χ0n) is 9.54. The van der Waals surface area contributed by atoms with Crippen molar-refractivity contribution in [3.8, 4) is 12.3 Å². The Balaban J connectivity index is 2.29. The summed E-state index contributed by atoms with van der Waals surface area (Å²) in [6.45, 7) is 3.07. The van der Waals surface area contributed by atoms with Gasteiger partial charge in [0.15, 0.2) is 0 Å². The second kappa shape index (κ2) is 7.00. The Morgan fingerprint density at radius 2 is 2.31 bits per heavy atom. The van der Waals surface area contributed by atoms with E-state index < -0.39 is 0 Å². The molecule has 3 heteroatoms. The van der Waals surface area contributed by atoms with Gasteiger partial charge in [-0.25, -0.2) is 4.39 Å². The number of nitrogens with zero attached hydrogens (tertiary/aromatic N) is 1. The van der Waals surface area contributed by atoms with Crippen molar-refractivity contribution in [1.82, 2.24) is 10.2 Å². The molecule has 0 saturated carbocycles. The largest absolute Gasteiger partial charge is 0.305 e. The first kappa shape index (κ1) is 12.7. The average molecular weight is 220 g/mol. The Hall–Kier alpha value is -1.37. The monoisotopic (exact) mass is 220 g/mol. The van der Waals surface area contributed by atoms with Crippen molar-refractivity contribution in [3.05, 3.63) is 35.6 Å². The van der Waals surface area contributed by atoms with Crippen LogP contribution in [0.25, 0.3) is 0 Å². The normalized spacial score (nSPS) is 10.4. The molecule has 1 aromatic carbocycles. The summed E-state index contributed by atoms with van der Waals surface area (Å²) in [5, 5.41) is 3.11. The molecule has 0 aliphatic heterocycles. The van der Waals surface area contributed by atoms with Crippen molar-refractivity contribution in [2.45, 2.75) is 6.54 Å². The Bertz CT molecular complexity index is 357. The smallest absolute Gasteiger partial charge is 0.123 e. The highest BCUT2D eigenvalue weighted by Gasteiger charge is 2.00. The first-order chi connectivity index (χ1) is 7.72. The number of hydrogen-bond acceptors (Lipinski definition) is 2. The number of hydrogen-bond donors (Lipinski definition) is 1. The fourth-order valence-electron chi connectivity index (χ4n) is 1.46. The number of likely N-dealkylation sites (N-methyl/N-ethyl adjacent to an activating group) is 1. The minimum Gasteiger partial charge on any atom is -0.305 e. The lowest BCUT2D eigenvalue weighted by Crippen LogP contribution is -2.29. The van der Waals surface area contributed by atoms with Crippen molar-refractivity contribution >= 4 is 0 Å². The quantitative estimate of drug-likeness (QED) is 0.577. The second-order valence-corrected chi connectivity index (χ2v) is 3.75. The van der Waals surface area contributed by atoms with E-state index in [-0.39, 0.29) is 5.82 Å². The minimum atomic E-state index is -0.184. The first-order valence-corrected chi connectivity index (χ1v) is 5.29. The predicted molar refractivity (Wildman–Crippen MR) is 64.4 cm³/mol. The third-order valence-electron chi connectivity index (χ3n) is 2.24. The summed E-state index contributed by atoms with van der Waals surface area (Å²) in [6, 6.07) is 6.67. The van der Waals surface area contributed by atoms with Crippen molar-refractivity contribution < 1.29 is 4.39 Å². The van der Waals surface area contributed by atoms with Crippen LogP contribution < -0.4 is 5.32 Å². The molecule has 86 valence electrons. The van der Waals surface area contributed by atoms with Crippen LogP contribution in [0.3, 0.4) is 0 Å². The molecule has 1 rings (SSSR count). The molecule has 0 radical (unpaired) electrons. The van der Waals surface area contributed by atoms with Crippen molar-refractivity contribution in [2.24, 2.45) is 0 Å². The Morgan fingerprint density at radius 1 is 1.50 bits per heavy atom. The molecule has 0 aromatic heterocycles. The van der Waals surface area contributed by atoms with Gasteiger partial charge in [0.25, 0.3) is 0 Å². The fraction of sp³-hybridized carbons (Fsp3) is 0.385. The summed E-state index contributed by atoms with van der Waals surface area (Å²) < 4.78 is 12.9. The van der Waals surface area contributed by atoms with Crippen LogP contribution in [0.15, 0.2) is 24.3 Å². The van der Waals surface area contributed by atoms with Gasteiger partial charge in [0.1, 0.15) is 5.82 Å². The van der Waals surface area contributed by atoms with Crippen LogP contribution in [0.5, 0.6) is 0 Å². The molecule has 1 N–H and O–H groups in total. The maximum Gasteiger partial charge on any atom is 0.123 e. The van der Waals surface area contributed by atoms with Gasteiger partial charge in [0.05, 0.1) is 6.54 Å². The third kappa shape index (κ3) is 4.92. The standard InChI is InChI=1S/C13H17FN2/c1-3-7-15-8-9-16(2)11-12-5-4-6-13(14)10-12/h1,4-6,10,15H,7-9,11H2,2H3. The lowest BCUT2D eigenvalue weighted by molar-refractivity contribution is 0.326. The Morgan fingerprint density at radius 3 is 3.00 bits per heavy atom. The molecule has 0 atom stereocenters. The summed E-state index contributed by atoms with van der Waals surface area (Å²) in [5.74, 6) is 2.34. The SMILES string of the molecule is C#CCNCCN(C)Cc1cccc(F)c1. The van der Waals surface area contributed by atoms with E-state index in [1.54, 1.807) is 12.1 Å². The van der Waals surface area contributed by atoms with Gasteiger partial charge in [0.2, 0.25) is 0 Å². The van der Waals surface area contributed by atoms with E-state index in [1.807, 2.05) is 13.1 Å². The van der Waals surface area contributed by atoms with Crippen LogP contribution in [-0.2, 0) is 6.54 Å². The molecule has 0 aliphatic rings. The average Bonchev–Trinajstić information content (AvgIpc) is 2.24. The molecule has 0 heterocycles. The maximum atomic E-state index is 12.9. The number of terminal acetylenes is 1. The molecule has 0 aliphatic carbocycles. The summed E-state index contributed by atoms with van der Waals surface area (Å²) in [4.78, 5) is 2.12. The fourth-order valence-corrected chi connectivity index (χ4v) is 1.46. The molecule has 0 saturated heterocycles. The molecule has 1 aromatic rings. The van der Waals surface area contributed by atoms with Gasteiger partial charge >= 0.3 is 0 Å². The van der Waals surface area contributed by atoms with Crippen molar-refractivity contribution in [3.63, 3.8) is 0 Å². The zero-order valence-corrected chi connectivity index (χ0v) is 9.54. The van der Waals surface area contributed by atoms with Gasteiger partial charge in [-0.05, 0) is 24.7 Å².